The number of hydrogen-bond acceptors (Lipinski definition) is 3. The van der Waals surface area contributed by atoms with Crippen molar-refractivity contribution in [3.63, 3.8) is 0 Å². The van der Waals surface area contributed by atoms with E-state index in [2.05, 4.69) is 10.0 Å². The van der Waals surface area contributed by atoms with Crippen molar-refractivity contribution < 1.29 is 13.2 Å². The van der Waals surface area contributed by atoms with E-state index in [4.69, 9.17) is 0 Å². The zero-order chi connectivity index (χ0) is 16.0. The second-order valence-corrected chi connectivity index (χ2v) is 6.63. The second-order valence-electron chi connectivity index (χ2n) is 4.86. The number of carbonyl (C=O) groups is 1. The van der Waals surface area contributed by atoms with Crippen LogP contribution < -0.4 is 10.0 Å². The highest BCUT2D eigenvalue weighted by Gasteiger charge is 2.13. The summed E-state index contributed by atoms with van der Waals surface area (Å²) >= 11 is 0. The van der Waals surface area contributed by atoms with E-state index in [1.165, 1.54) is 19.1 Å². The summed E-state index contributed by atoms with van der Waals surface area (Å²) in [5, 5.41) is 2.66. The topological polar surface area (TPSA) is 75.3 Å². The zero-order valence-electron chi connectivity index (χ0n) is 12.2. The van der Waals surface area contributed by atoms with Gasteiger partial charge in [-0.2, -0.15) is 0 Å². The Morgan fingerprint density at radius 2 is 1.50 bits per heavy atom. The molecule has 0 fully saturated rings. The number of nitrogens with one attached hydrogen (secondary N) is 2. The highest BCUT2D eigenvalue weighted by atomic mass is 32.2. The molecule has 22 heavy (non-hydrogen) atoms. The average Bonchev–Trinajstić information content (AvgIpc) is 2.52. The molecule has 2 aromatic carbocycles. The first kappa shape index (κ1) is 16.2. The molecule has 116 valence electrons. The van der Waals surface area contributed by atoms with Crippen LogP contribution in [-0.2, 0) is 27.9 Å². The first-order valence-corrected chi connectivity index (χ1v) is 8.33. The predicted molar refractivity (Wildman–Crippen MR) is 84.4 cm³/mol. The first-order chi connectivity index (χ1) is 10.5. The Kier molecular flexibility index (Phi) is 5.30. The van der Waals surface area contributed by atoms with Gasteiger partial charge in [-0.3, -0.25) is 4.79 Å². The van der Waals surface area contributed by atoms with Crippen LogP contribution >= 0.6 is 0 Å². The van der Waals surface area contributed by atoms with E-state index in [-0.39, 0.29) is 17.3 Å². The van der Waals surface area contributed by atoms with Crippen LogP contribution in [0.3, 0.4) is 0 Å². The lowest BCUT2D eigenvalue weighted by atomic mass is 10.2. The molecule has 0 aliphatic heterocycles. The lowest BCUT2D eigenvalue weighted by Crippen LogP contribution is -2.23. The third-order valence-electron chi connectivity index (χ3n) is 3.08. The molecule has 5 nitrogen and oxygen atoms in total. The maximum absolute atomic E-state index is 12.2. The van der Waals surface area contributed by atoms with Crippen molar-refractivity contribution in [3.05, 3.63) is 65.7 Å². The van der Waals surface area contributed by atoms with Crippen molar-refractivity contribution in [3.8, 4) is 0 Å². The molecule has 0 spiro atoms. The van der Waals surface area contributed by atoms with E-state index in [9.17, 15) is 13.2 Å². The molecule has 0 aliphatic rings. The average molecular weight is 318 g/mol. The number of carbonyl (C=O) groups excluding carboxylic acids is 1. The third kappa shape index (κ3) is 4.68. The molecule has 0 aliphatic carbocycles. The number of amides is 1. The normalized spacial score (nSPS) is 11.1. The van der Waals surface area contributed by atoms with E-state index in [0.717, 1.165) is 11.1 Å². The van der Waals surface area contributed by atoms with Gasteiger partial charge in [0.25, 0.3) is 0 Å². The highest BCUT2D eigenvalue weighted by Crippen LogP contribution is 2.11. The van der Waals surface area contributed by atoms with Gasteiger partial charge < -0.3 is 5.32 Å². The number of rotatable bonds is 6. The molecule has 0 bridgehead atoms. The van der Waals surface area contributed by atoms with Crippen LogP contribution in [0.4, 0.5) is 0 Å². The Morgan fingerprint density at radius 3 is 2.09 bits per heavy atom. The minimum atomic E-state index is -3.54. The molecule has 0 saturated carbocycles. The molecule has 0 saturated heterocycles. The van der Waals surface area contributed by atoms with Crippen molar-refractivity contribution in [2.75, 3.05) is 0 Å². The van der Waals surface area contributed by atoms with Crippen molar-refractivity contribution in [1.29, 1.82) is 0 Å². The summed E-state index contributed by atoms with van der Waals surface area (Å²) in [5.41, 5.74) is 1.74. The molecular formula is C16H18N2O3S. The van der Waals surface area contributed by atoms with E-state index >= 15 is 0 Å². The van der Waals surface area contributed by atoms with E-state index in [0.29, 0.717) is 6.54 Å². The third-order valence-corrected chi connectivity index (χ3v) is 4.50. The van der Waals surface area contributed by atoms with Gasteiger partial charge in [-0.05, 0) is 23.3 Å². The van der Waals surface area contributed by atoms with Crippen molar-refractivity contribution in [1.82, 2.24) is 10.0 Å². The number of hydrogen-bond donors (Lipinski definition) is 2. The van der Waals surface area contributed by atoms with Crippen LogP contribution in [0.25, 0.3) is 0 Å². The van der Waals surface area contributed by atoms with Crippen LogP contribution in [-0.4, -0.2) is 14.3 Å². The monoisotopic (exact) mass is 318 g/mol. The summed E-state index contributed by atoms with van der Waals surface area (Å²) in [4.78, 5) is 11.0. The van der Waals surface area contributed by atoms with Gasteiger partial charge in [0.05, 0.1) is 4.90 Å². The number of benzene rings is 2. The van der Waals surface area contributed by atoms with Crippen LogP contribution in [0.5, 0.6) is 0 Å². The van der Waals surface area contributed by atoms with Gasteiger partial charge in [0.15, 0.2) is 0 Å². The molecule has 0 aromatic heterocycles. The summed E-state index contributed by atoms with van der Waals surface area (Å²) in [7, 11) is -3.54. The van der Waals surface area contributed by atoms with E-state index in [1.807, 2.05) is 30.3 Å². The molecule has 0 unspecified atom stereocenters. The Bertz CT molecular complexity index is 726. The lowest BCUT2D eigenvalue weighted by Gasteiger charge is -2.08. The predicted octanol–water partition coefficient (Wildman–Crippen LogP) is 1.80. The number of sulfonamides is 1. The van der Waals surface area contributed by atoms with Gasteiger partial charge in [-0.15, -0.1) is 0 Å². The standard InChI is InChI=1S/C16H18N2O3S/c1-13(19)17-11-15-7-9-16(10-8-15)22(20,21)18-12-14-5-3-2-4-6-14/h2-10,18H,11-12H2,1H3,(H,17,19). The fourth-order valence-corrected chi connectivity index (χ4v) is 2.89. The van der Waals surface area contributed by atoms with Gasteiger partial charge >= 0.3 is 0 Å². The maximum atomic E-state index is 12.2. The van der Waals surface area contributed by atoms with Gasteiger partial charge in [-0.1, -0.05) is 42.5 Å². The molecule has 2 N–H and O–H groups in total. The second kappa shape index (κ2) is 7.20. The Hall–Kier alpha value is -2.18. The molecular weight excluding hydrogens is 300 g/mol. The molecule has 6 heteroatoms. The summed E-state index contributed by atoms with van der Waals surface area (Å²) in [6.45, 7) is 2.07. The van der Waals surface area contributed by atoms with Gasteiger partial charge in [-0.25, -0.2) is 13.1 Å². The van der Waals surface area contributed by atoms with Crippen LogP contribution in [0.1, 0.15) is 18.1 Å². The maximum Gasteiger partial charge on any atom is 0.240 e. The lowest BCUT2D eigenvalue weighted by molar-refractivity contribution is -0.119. The van der Waals surface area contributed by atoms with Gasteiger partial charge in [0.1, 0.15) is 0 Å². The SMILES string of the molecule is CC(=O)NCc1ccc(S(=O)(=O)NCc2ccccc2)cc1. The van der Waals surface area contributed by atoms with Crippen molar-refractivity contribution >= 4 is 15.9 Å². The Morgan fingerprint density at radius 1 is 0.909 bits per heavy atom. The zero-order valence-corrected chi connectivity index (χ0v) is 13.1. The largest absolute Gasteiger partial charge is 0.352 e. The van der Waals surface area contributed by atoms with E-state index in [1.54, 1.807) is 12.1 Å². The summed E-state index contributed by atoms with van der Waals surface area (Å²) in [6, 6.07) is 15.8. The summed E-state index contributed by atoms with van der Waals surface area (Å²) in [5.74, 6) is -0.124. The van der Waals surface area contributed by atoms with E-state index < -0.39 is 10.0 Å². The highest BCUT2D eigenvalue weighted by molar-refractivity contribution is 7.89. The van der Waals surface area contributed by atoms with Crippen LogP contribution in [0.2, 0.25) is 0 Å². The van der Waals surface area contributed by atoms with Crippen molar-refractivity contribution in [2.45, 2.75) is 24.9 Å². The summed E-state index contributed by atoms with van der Waals surface area (Å²) < 4.78 is 27.0. The minimum Gasteiger partial charge on any atom is -0.352 e. The molecule has 0 radical (unpaired) electrons. The fraction of sp³-hybridized carbons (Fsp3) is 0.188. The fourth-order valence-electron chi connectivity index (χ4n) is 1.87. The van der Waals surface area contributed by atoms with Crippen LogP contribution in [0.15, 0.2) is 59.5 Å². The Balaban J connectivity index is 2.01. The molecule has 0 heterocycles. The van der Waals surface area contributed by atoms with Gasteiger partial charge in [0.2, 0.25) is 15.9 Å². The molecule has 2 rings (SSSR count). The van der Waals surface area contributed by atoms with Gasteiger partial charge in [0, 0.05) is 20.0 Å². The smallest absolute Gasteiger partial charge is 0.240 e. The Labute approximate surface area is 130 Å². The first-order valence-electron chi connectivity index (χ1n) is 6.84. The minimum absolute atomic E-state index is 0.124. The molecule has 0 atom stereocenters. The van der Waals surface area contributed by atoms with Crippen LogP contribution in [0, 0.1) is 0 Å². The summed E-state index contributed by atoms with van der Waals surface area (Å²) in [6.07, 6.45) is 0. The molecule has 2 aromatic rings. The van der Waals surface area contributed by atoms with Crippen molar-refractivity contribution in [2.24, 2.45) is 0 Å². The molecule has 1 amide bonds. The quantitative estimate of drug-likeness (QED) is 0.853.